The Kier molecular flexibility index (Phi) is 3.13. The molecule has 0 spiro atoms. The summed E-state index contributed by atoms with van der Waals surface area (Å²) in [4.78, 5) is 0.267. The normalized spacial score (nSPS) is 11.5. The Hall–Kier alpha value is -1.82. The second kappa shape index (κ2) is 4.45. The van der Waals surface area contributed by atoms with Gasteiger partial charge in [-0.1, -0.05) is 17.3 Å². The summed E-state index contributed by atoms with van der Waals surface area (Å²) in [5, 5.41) is 3.63. The molecular formula is C12H14N2O3S. The molecule has 6 heteroatoms. The van der Waals surface area contributed by atoms with Crippen LogP contribution in [0.25, 0.3) is 0 Å². The summed E-state index contributed by atoms with van der Waals surface area (Å²) >= 11 is 0. The van der Waals surface area contributed by atoms with Crippen molar-refractivity contribution in [3.05, 3.63) is 41.3 Å². The van der Waals surface area contributed by atoms with Crippen molar-refractivity contribution in [2.75, 3.05) is 4.72 Å². The fourth-order valence-electron chi connectivity index (χ4n) is 1.59. The minimum absolute atomic E-state index is 0.267. The number of hydrogen-bond donors (Lipinski definition) is 1. The second-order valence-electron chi connectivity index (χ2n) is 4.19. The Labute approximate surface area is 106 Å². The third-order valence-corrected chi connectivity index (χ3v) is 4.13. The quantitative estimate of drug-likeness (QED) is 0.925. The molecular weight excluding hydrogens is 252 g/mol. The van der Waals surface area contributed by atoms with E-state index in [1.165, 1.54) is 6.26 Å². The van der Waals surface area contributed by atoms with Crippen LogP contribution in [0.3, 0.4) is 0 Å². The highest BCUT2D eigenvalue weighted by Crippen LogP contribution is 2.21. The van der Waals surface area contributed by atoms with E-state index < -0.39 is 10.0 Å². The number of aryl methyl sites for hydroxylation is 3. The molecule has 1 aromatic heterocycles. The maximum absolute atomic E-state index is 12.2. The number of hydrogen-bond acceptors (Lipinski definition) is 4. The maximum Gasteiger partial charge on any atom is 0.262 e. The number of nitrogens with one attached hydrogen (secondary N) is 1. The summed E-state index contributed by atoms with van der Waals surface area (Å²) in [5.41, 5.74) is 2.45. The van der Waals surface area contributed by atoms with Crippen LogP contribution in [0.15, 0.2) is 33.9 Å². The number of benzene rings is 1. The first-order chi connectivity index (χ1) is 8.40. The minimum Gasteiger partial charge on any atom is -0.362 e. The van der Waals surface area contributed by atoms with Crippen molar-refractivity contribution in [3.63, 3.8) is 0 Å². The molecule has 0 atom stereocenters. The molecule has 0 unspecified atom stereocenters. The fraction of sp³-hybridized carbons (Fsp3) is 0.250. The predicted octanol–water partition coefficient (Wildman–Crippen LogP) is 2.40. The summed E-state index contributed by atoms with van der Waals surface area (Å²) in [6.45, 7) is 5.28. The van der Waals surface area contributed by atoms with Gasteiger partial charge in [0.05, 0.1) is 4.90 Å². The van der Waals surface area contributed by atoms with Gasteiger partial charge in [-0.2, -0.15) is 0 Å². The van der Waals surface area contributed by atoms with E-state index in [0.29, 0.717) is 16.9 Å². The number of sulfonamides is 1. The zero-order chi connectivity index (χ0) is 13.3. The molecule has 1 heterocycles. The van der Waals surface area contributed by atoms with Gasteiger partial charge in [-0.15, -0.1) is 0 Å². The van der Waals surface area contributed by atoms with Gasteiger partial charge in [0.1, 0.15) is 17.6 Å². The Balaban J connectivity index is 2.43. The molecule has 0 radical (unpaired) electrons. The lowest BCUT2D eigenvalue weighted by Gasteiger charge is -2.09. The highest BCUT2D eigenvalue weighted by Gasteiger charge is 2.19. The van der Waals surface area contributed by atoms with E-state index in [9.17, 15) is 8.42 Å². The zero-order valence-electron chi connectivity index (χ0n) is 10.4. The molecule has 0 aliphatic heterocycles. The lowest BCUT2D eigenvalue weighted by atomic mass is 10.2. The molecule has 0 amide bonds. The first-order valence-corrected chi connectivity index (χ1v) is 6.89. The summed E-state index contributed by atoms with van der Waals surface area (Å²) in [5.74, 6) is 0. The number of rotatable bonds is 3. The monoisotopic (exact) mass is 266 g/mol. The Morgan fingerprint density at radius 2 is 1.94 bits per heavy atom. The van der Waals surface area contributed by atoms with Gasteiger partial charge >= 0.3 is 0 Å². The first-order valence-electron chi connectivity index (χ1n) is 5.41. The van der Waals surface area contributed by atoms with Crippen molar-refractivity contribution in [2.24, 2.45) is 0 Å². The number of nitrogens with zero attached hydrogens (tertiary/aromatic N) is 1. The van der Waals surface area contributed by atoms with Crippen LogP contribution in [0.2, 0.25) is 0 Å². The molecule has 0 aliphatic carbocycles. The topological polar surface area (TPSA) is 72.2 Å². The average molecular weight is 266 g/mol. The van der Waals surface area contributed by atoms with Crippen LogP contribution >= 0.6 is 0 Å². The van der Waals surface area contributed by atoms with Crippen molar-refractivity contribution in [1.82, 2.24) is 5.16 Å². The third-order valence-electron chi connectivity index (χ3n) is 2.63. The van der Waals surface area contributed by atoms with Gasteiger partial charge in [0.2, 0.25) is 0 Å². The molecule has 96 valence electrons. The molecule has 0 saturated heterocycles. The molecule has 1 aromatic carbocycles. The highest BCUT2D eigenvalue weighted by molar-refractivity contribution is 7.92. The Morgan fingerprint density at radius 3 is 2.56 bits per heavy atom. The minimum atomic E-state index is -3.61. The molecule has 2 rings (SSSR count). The molecule has 1 N–H and O–H groups in total. The van der Waals surface area contributed by atoms with Crippen LogP contribution in [-0.4, -0.2) is 13.6 Å². The Bertz CT molecular complexity index is 674. The molecule has 0 fully saturated rings. The number of anilines is 1. The van der Waals surface area contributed by atoms with Crippen molar-refractivity contribution >= 4 is 15.7 Å². The smallest absolute Gasteiger partial charge is 0.262 e. The van der Waals surface area contributed by atoms with Crippen LogP contribution in [0.1, 0.15) is 16.8 Å². The van der Waals surface area contributed by atoms with Crippen molar-refractivity contribution in [1.29, 1.82) is 0 Å². The van der Waals surface area contributed by atoms with Gasteiger partial charge in [-0.25, -0.2) is 8.42 Å². The standard InChI is InChI=1S/C12H14N2O3S/c1-8-4-5-9(2)12(6-8)18(15,16)14-11-7-17-13-10(11)3/h4-7,14H,1-3H3. The van der Waals surface area contributed by atoms with Crippen LogP contribution < -0.4 is 4.72 Å². The molecule has 2 aromatic rings. The fourth-order valence-corrected chi connectivity index (χ4v) is 3.02. The van der Waals surface area contributed by atoms with Gasteiger partial charge < -0.3 is 4.52 Å². The maximum atomic E-state index is 12.2. The van der Waals surface area contributed by atoms with E-state index >= 15 is 0 Å². The van der Waals surface area contributed by atoms with Gasteiger partial charge in [-0.05, 0) is 38.0 Å². The Morgan fingerprint density at radius 1 is 1.22 bits per heavy atom. The van der Waals surface area contributed by atoms with Gasteiger partial charge in [0.15, 0.2) is 0 Å². The molecule has 0 bridgehead atoms. The summed E-state index contributed by atoms with van der Waals surface area (Å²) in [7, 11) is -3.61. The second-order valence-corrected chi connectivity index (χ2v) is 5.84. The van der Waals surface area contributed by atoms with E-state index in [1.54, 1.807) is 26.0 Å². The summed E-state index contributed by atoms with van der Waals surface area (Å²) < 4.78 is 31.7. The van der Waals surface area contributed by atoms with Crippen molar-refractivity contribution < 1.29 is 12.9 Å². The van der Waals surface area contributed by atoms with Crippen LogP contribution in [0, 0.1) is 20.8 Å². The van der Waals surface area contributed by atoms with E-state index in [4.69, 9.17) is 4.52 Å². The highest BCUT2D eigenvalue weighted by atomic mass is 32.2. The van der Waals surface area contributed by atoms with Gasteiger partial charge in [0, 0.05) is 0 Å². The van der Waals surface area contributed by atoms with Crippen LogP contribution in [-0.2, 0) is 10.0 Å². The summed E-state index contributed by atoms with van der Waals surface area (Å²) in [6.07, 6.45) is 1.28. The van der Waals surface area contributed by atoms with Gasteiger partial charge in [-0.3, -0.25) is 4.72 Å². The van der Waals surface area contributed by atoms with E-state index in [2.05, 4.69) is 9.88 Å². The number of aromatic nitrogens is 1. The van der Waals surface area contributed by atoms with Crippen LogP contribution in [0.4, 0.5) is 5.69 Å². The molecule has 0 saturated carbocycles. The largest absolute Gasteiger partial charge is 0.362 e. The van der Waals surface area contributed by atoms with E-state index in [0.717, 1.165) is 5.56 Å². The SMILES string of the molecule is Cc1ccc(C)c(S(=O)(=O)Nc2conc2C)c1. The van der Waals surface area contributed by atoms with Crippen molar-refractivity contribution in [3.8, 4) is 0 Å². The lowest BCUT2D eigenvalue weighted by molar-refractivity contribution is 0.415. The molecule has 0 aliphatic rings. The summed E-state index contributed by atoms with van der Waals surface area (Å²) in [6, 6.07) is 5.30. The van der Waals surface area contributed by atoms with Crippen LogP contribution in [0.5, 0.6) is 0 Å². The first kappa shape index (κ1) is 12.6. The lowest BCUT2D eigenvalue weighted by Crippen LogP contribution is -2.14. The van der Waals surface area contributed by atoms with Gasteiger partial charge in [0.25, 0.3) is 10.0 Å². The molecule has 18 heavy (non-hydrogen) atoms. The van der Waals surface area contributed by atoms with E-state index in [1.807, 2.05) is 13.0 Å². The van der Waals surface area contributed by atoms with E-state index in [-0.39, 0.29) is 4.90 Å². The van der Waals surface area contributed by atoms with Crippen molar-refractivity contribution in [2.45, 2.75) is 25.7 Å². The predicted molar refractivity (Wildman–Crippen MR) is 68.0 cm³/mol. The molecule has 5 nitrogen and oxygen atoms in total. The zero-order valence-corrected chi connectivity index (χ0v) is 11.2. The average Bonchev–Trinajstić information content (AvgIpc) is 2.67. The third kappa shape index (κ3) is 2.38.